The summed E-state index contributed by atoms with van der Waals surface area (Å²) in [5.74, 6) is -0.306. The van der Waals surface area contributed by atoms with E-state index in [0.717, 1.165) is 32.1 Å². The van der Waals surface area contributed by atoms with Crippen molar-refractivity contribution in [1.29, 1.82) is 0 Å². The predicted molar refractivity (Wildman–Crippen MR) is 97.3 cm³/mol. The summed E-state index contributed by atoms with van der Waals surface area (Å²) in [5, 5.41) is 9.72. The van der Waals surface area contributed by atoms with Crippen molar-refractivity contribution in [2.45, 2.75) is 65.6 Å². The van der Waals surface area contributed by atoms with Gasteiger partial charge in [-0.2, -0.15) is 0 Å². The van der Waals surface area contributed by atoms with Gasteiger partial charge in [0.25, 0.3) is 0 Å². The lowest BCUT2D eigenvalue weighted by atomic mass is 9.47. The van der Waals surface area contributed by atoms with E-state index in [1.165, 1.54) is 0 Å². The predicted octanol–water partition coefficient (Wildman–Crippen LogP) is 4.09. The first-order valence-corrected chi connectivity index (χ1v) is 9.59. The number of fused-ring (bicyclic) bond motifs is 1. The van der Waals surface area contributed by atoms with Crippen molar-refractivity contribution in [2.75, 3.05) is 7.11 Å². The van der Waals surface area contributed by atoms with Gasteiger partial charge < -0.3 is 14.6 Å². The summed E-state index contributed by atoms with van der Waals surface area (Å²) in [6, 6.07) is 0. The van der Waals surface area contributed by atoms with Crippen LogP contribution >= 0.6 is 0 Å². The van der Waals surface area contributed by atoms with Gasteiger partial charge in [-0.3, -0.25) is 0 Å². The minimum Gasteiger partial charge on any atom is -0.478 e. The minimum atomic E-state index is -0.783. The van der Waals surface area contributed by atoms with E-state index in [1.807, 2.05) is 12.2 Å². The first-order chi connectivity index (χ1) is 12.2. The number of esters is 1. The molecule has 1 saturated heterocycles. The van der Waals surface area contributed by atoms with Gasteiger partial charge in [0.1, 0.15) is 0 Å². The summed E-state index contributed by atoms with van der Waals surface area (Å²) in [4.78, 5) is 23.9. The highest BCUT2D eigenvalue weighted by molar-refractivity contribution is 5.90. The largest absolute Gasteiger partial charge is 0.478 e. The zero-order valence-electron chi connectivity index (χ0n) is 16.2. The van der Waals surface area contributed by atoms with Gasteiger partial charge in [0, 0.05) is 30.1 Å². The highest BCUT2D eigenvalue weighted by atomic mass is 16.7. The number of rotatable bonds is 4. The van der Waals surface area contributed by atoms with Gasteiger partial charge >= 0.3 is 11.9 Å². The quantitative estimate of drug-likeness (QED) is 0.602. The zero-order chi connectivity index (χ0) is 19.1. The van der Waals surface area contributed by atoms with E-state index >= 15 is 0 Å². The molecule has 0 aromatic carbocycles. The third-order valence-electron chi connectivity index (χ3n) is 7.38. The van der Waals surface area contributed by atoms with Crippen LogP contribution in [0, 0.1) is 22.7 Å². The van der Waals surface area contributed by atoms with Crippen molar-refractivity contribution in [3.63, 3.8) is 0 Å². The molecular weight excluding hydrogens is 332 g/mol. The Balaban J connectivity index is 1.88. The molecule has 2 fully saturated rings. The maximum atomic E-state index is 12.0. The van der Waals surface area contributed by atoms with Crippen LogP contribution in [0.5, 0.6) is 0 Å². The summed E-state index contributed by atoms with van der Waals surface area (Å²) in [7, 11) is 1.54. The normalized spacial score (nSPS) is 41.5. The number of hydrogen-bond acceptors (Lipinski definition) is 4. The fraction of sp³-hybridized carbons (Fsp3) is 0.714. The lowest BCUT2D eigenvalue weighted by Gasteiger charge is -2.57. The molecule has 1 aliphatic heterocycles. The second-order valence-electron chi connectivity index (χ2n) is 8.62. The molecule has 0 radical (unpaired) electrons. The van der Waals surface area contributed by atoms with Crippen LogP contribution in [0.2, 0.25) is 0 Å². The average molecular weight is 362 g/mol. The Labute approximate surface area is 155 Å². The monoisotopic (exact) mass is 362 g/mol. The number of methoxy groups -OCH3 is 1. The van der Waals surface area contributed by atoms with Gasteiger partial charge in [-0.15, -0.1) is 0 Å². The number of carbonyl (C=O) groups is 2. The third kappa shape index (κ3) is 3.00. The Morgan fingerprint density at radius 3 is 2.77 bits per heavy atom. The number of hydrogen-bond donors (Lipinski definition) is 1. The zero-order valence-corrected chi connectivity index (χ0v) is 16.2. The van der Waals surface area contributed by atoms with E-state index in [9.17, 15) is 14.7 Å². The molecule has 5 heteroatoms. The van der Waals surface area contributed by atoms with Gasteiger partial charge in [-0.05, 0) is 49.4 Å². The van der Waals surface area contributed by atoms with Crippen LogP contribution in [-0.2, 0) is 19.1 Å². The molecule has 0 aromatic heterocycles. The van der Waals surface area contributed by atoms with E-state index in [4.69, 9.17) is 9.47 Å². The molecule has 1 N–H and O–H groups in total. The van der Waals surface area contributed by atoms with Crippen LogP contribution in [0.15, 0.2) is 23.3 Å². The molecular formula is C21H30O5. The Bertz CT molecular complexity index is 663. The molecule has 5 atom stereocenters. The lowest BCUT2D eigenvalue weighted by Crippen LogP contribution is -2.50. The van der Waals surface area contributed by atoms with Crippen molar-refractivity contribution in [3.05, 3.63) is 23.3 Å². The Morgan fingerprint density at radius 2 is 2.15 bits per heavy atom. The molecule has 1 saturated carbocycles. The molecule has 5 nitrogen and oxygen atoms in total. The highest BCUT2D eigenvalue weighted by Gasteiger charge is 2.55. The number of allylic oxidation sites excluding steroid dienone is 2. The number of carbonyl (C=O) groups excluding carboxylic acids is 1. The summed E-state index contributed by atoms with van der Waals surface area (Å²) in [6.45, 7) is 6.66. The Kier molecular flexibility index (Phi) is 5.04. The van der Waals surface area contributed by atoms with E-state index in [-0.39, 0.29) is 16.8 Å². The van der Waals surface area contributed by atoms with Crippen LogP contribution < -0.4 is 0 Å². The van der Waals surface area contributed by atoms with Gasteiger partial charge in [0.15, 0.2) is 0 Å². The lowest BCUT2D eigenvalue weighted by molar-refractivity contribution is -0.156. The fourth-order valence-electron chi connectivity index (χ4n) is 5.51. The maximum absolute atomic E-state index is 12.0. The Morgan fingerprint density at radius 1 is 1.42 bits per heavy atom. The summed E-state index contributed by atoms with van der Waals surface area (Å²) in [6.07, 6.45) is 8.44. The maximum Gasteiger partial charge on any atom is 0.336 e. The van der Waals surface area contributed by atoms with Crippen molar-refractivity contribution >= 4 is 11.9 Å². The molecule has 0 aromatic rings. The number of ether oxygens (including phenoxy) is 2. The molecule has 144 valence electrons. The SMILES string of the molecule is CO[C@H]1C/C(=C\C[C@@]2(C)[C@H](C)CC[C@@]3(C)C(C(=O)O)=CCC[C@H]23)C(=O)O1. The van der Waals surface area contributed by atoms with Crippen molar-refractivity contribution in [3.8, 4) is 0 Å². The van der Waals surface area contributed by atoms with Crippen LogP contribution in [0.1, 0.15) is 59.3 Å². The first-order valence-electron chi connectivity index (χ1n) is 9.59. The fourth-order valence-corrected chi connectivity index (χ4v) is 5.51. The van der Waals surface area contributed by atoms with Gasteiger partial charge in [-0.1, -0.05) is 32.9 Å². The molecule has 3 aliphatic rings. The highest BCUT2D eigenvalue weighted by Crippen LogP contribution is 2.61. The summed E-state index contributed by atoms with van der Waals surface area (Å²) in [5.41, 5.74) is 0.928. The average Bonchev–Trinajstić information content (AvgIpc) is 2.96. The van der Waals surface area contributed by atoms with Gasteiger partial charge in [0.2, 0.25) is 6.29 Å². The topological polar surface area (TPSA) is 72.8 Å². The van der Waals surface area contributed by atoms with Crippen molar-refractivity contribution in [1.82, 2.24) is 0 Å². The second-order valence-corrected chi connectivity index (χ2v) is 8.62. The smallest absolute Gasteiger partial charge is 0.336 e. The number of carboxylic acids is 1. The van der Waals surface area contributed by atoms with E-state index in [2.05, 4.69) is 20.8 Å². The summed E-state index contributed by atoms with van der Waals surface area (Å²) < 4.78 is 10.3. The molecule has 0 bridgehead atoms. The van der Waals surface area contributed by atoms with E-state index in [0.29, 0.717) is 29.4 Å². The van der Waals surface area contributed by atoms with E-state index < -0.39 is 12.3 Å². The standard InChI is InChI=1S/C21H30O5/c1-13-8-10-21(3)15(18(22)23)6-5-7-16(21)20(13,2)11-9-14-12-17(25-4)26-19(14)24/h6,9,13,16-17H,5,7-8,10-12H2,1-4H3,(H,22,23)/b14-9+/t13-,16-,17-,20+,21+/m1/s1. The molecule has 0 amide bonds. The molecule has 0 spiro atoms. The van der Waals surface area contributed by atoms with Crippen LogP contribution in [-0.4, -0.2) is 30.4 Å². The first kappa shape index (κ1) is 19.2. The van der Waals surface area contributed by atoms with Gasteiger partial charge in [-0.25, -0.2) is 9.59 Å². The van der Waals surface area contributed by atoms with E-state index in [1.54, 1.807) is 7.11 Å². The second kappa shape index (κ2) is 6.84. The van der Waals surface area contributed by atoms with Crippen molar-refractivity contribution < 1.29 is 24.2 Å². The molecule has 0 unspecified atom stereocenters. The molecule has 2 aliphatic carbocycles. The minimum absolute atomic E-state index is 0.0413. The van der Waals surface area contributed by atoms with Crippen LogP contribution in [0.4, 0.5) is 0 Å². The summed E-state index contributed by atoms with van der Waals surface area (Å²) >= 11 is 0. The number of aliphatic carboxylic acids is 1. The number of cyclic esters (lactones) is 1. The van der Waals surface area contributed by atoms with Crippen LogP contribution in [0.25, 0.3) is 0 Å². The Hall–Kier alpha value is -1.62. The third-order valence-corrected chi connectivity index (χ3v) is 7.38. The molecule has 1 heterocycles. The molecule has 3 rings (SSSR count). The van der Waals surface area contributed by atoms with Gasteiger partial charge in [0.05, 0.1) is 0 Å². The van der Waals surface area contributed by atoms with Crippen LogP contribution in [0.3, 0.4) is 0 Å². The number of carboxylic acid groups (broad SMARTS) is 1. The molecule has 26 heavy (non-hydrogen) atoms. The van der Waals surface area contributed by atoms with Crippen molar-refractivity contribution in [2.24, 2.45) is 22.7 Å².